The van der Waals surface area contributed by atoms with Crippen LogP contribution in [0, 0.1) is 0 Å². The van der Waals surface area contributed by atoms with Gasteiger partial charge in [0, 0.05) is 22.7 Å². The second-order valence-corrected chi connectivity index (χ2v) is 7.81. The molecule has 0 aliphatic carbocycles. The Bertz CT molecular complexity index is 999. The van der Waals surface area contributed by atoms with E-state index in [1.807, 2.05) is 73.0 Å². The molecule has 4 rings (SSSR count). The van der Waals surface area contributed by atoms with Gasteiger partial charge >= 0.3 is 0 Å². The molecule has 1 aromatic heterocycles. The van der Waals surface area contributed by atoms with Crippen LogP contribution >= 0.6 is 11.3 Å². The summed E-state index contributed by atoms with van der Waals surface area (Å²) in [5.74, 6) is 0.617. The summed E-state index contributed by atoms with van der Waals surface area (Å²) in [5.41, 5.74) is 2.44. The van der Waals surface area contributed by atoms with Crippen LogP contribution in [0.15, 0.2) is 66.0 Å². The number of amides is 2. The highest BCUT2D eigenvalue weighted by atomic mass is 32.1. The zero-order chi connectivity index (χ0) is 20.2. The number of hydrogen-bond donors (Lipinski definition) is 1. The predicted octanol–water partition coefficient (Wildman–Crippen LogP) is 4.87. The van der Waals surface area contributed by atoms with Gasteiger partial charge in [0.1, 0.15) is 5.75 Å². The number of ether oxygens (including phenoxy) is 1. The van der Waals surface area contributed by atoms with Gasteiger partial charge in [0.05, 0.1) is 19.1 Å². The summed E-state index contributed by atoms with van der Waals surface area (Å²) in [6, 6.07) is 18.6. The van der Waals surface area contributed by atoms with Gasteiger partial charge in [-0.25, -0.2) is 0 Å². The van der Waals surface area contributed by atoms with Crippen molar-refractivity contribution < 1.29 is 14.3 Å². The lowest BCUT2D eigenvalue weighted by Crippen LogP contribution is -2.31. The molecule has 2 heterocycles. The molecule has 2 amide bonds. The first-order chi connectivity index (χ1) is 14.2. The van der Waals surface area contributed by atoms with Gasteiger partial charge in [-0.3, -0.25) is 9.59 Å². The van der Waals surface area contributed by atoms with E-state index in [1.54, 1.807) is 16.2 Å². The van der Waals surface area contributed by atoms with Gasteiger partial charge < -0.3 is 15.0 Å². The molecule has 0 spiro atoms. The number of benzene rings is 2. The summed E-state index contributed by atoms with van der Waals surface area (Å²) in [7, 11) is 0. The molecule has 148 valence electrons. The highest BCUT2D eigenvalue weighted by Crippen LogP contribution is 2.35. The molecule has 6 heteroatoms. The monoisotopic (exact) mass is 406 g/mol. The molecule has 0 saturated carbocycles. The van der Waals surface area contributed by atoms with E-state index < -0.39 is 0 Å². The predicted molar refractivity (Wildman–Crippen MR) is 114 cm³/mol. The molecule has 0 bridgehead atoms. The molecule has 5 nitrogen and oxygen atoms in total. The van der Waals surface area contributed by atoms with Crippen LogP contribution in [0.5, 0.6) is 5.75 Å². The quantitative estimate of drug-likeness (QED) is 0.609. The summed E-state index contributed by atoms with van der Waals surface area (Å²) >= 11 is 1.56. The van der Waals surface area contributed by atoms with Crippen LogP contribution in [0.4, 0.5) is 5.69 Å². The minimum absolute atomic E-state index is 0.0205. The summed E-state index contributed by atoms with van der Waals surface area (Å²) in [4.78, 5) is 28.6. The van der Waals surface area contributed by atoms with Crippen molar-refractivity contribution in [3.63, 3.8) is 0 Å². The zero-order valence-electron chi connectivity index (χ0n) is 16.1. The Kier molecular flexibility index (Phi) is 5.62. The van der Waals surface area contributed by atoms with Crippen LogP contribution < -0.4 is 10.1 Å². The molecule has 1 unspecified atom stereocenters. The Morgan fingerprint density at radius 1 is 1.14 bits per heavy atom. The molecule has 1 aliphatic rings. The number of carbonyl (C=O) groups is 2. The van der Waals surface area contributed by atoms with Crippen molar-refractivity contribution in [1.82, 2.24) is 4.90 Å². The normalized spacial score (nSPS) is 13.8. The Morgan fingerprint density at radius 2 is 1.93 bits per heavy atom. The molecule has 3 aromatic rings. The van der Waals surface area contributed by atoms with E-state index in [4.69, 9.17) is 4.74 Å². The lowest BCUT2D eigenvalue weighted by Gasteiger charge is -2.26. The first kappa shape index (κ1) is 19.2. The highest BCUT2D eigenvalue weighted by Gasteiger charge is 2.34. The van der Waals surface area contributed by atoms with E-state index in [2.05, 4.69) is 5.32 Å². The fourth-order valence-corrected chi connectivity index (χ4v) is 4.40. The third-order valence-electron chi connectivity index (χ3n) is 4.92. The maximum Gasteiger partial charge on any atom is 0.255 e. The van der Waals surface area contributed by atoms with Crippen molar-refractivity contribution in [2.24, 2.45) is 0 Å². The van der Waals surface area contributed by atoms with Gasteiger partial charge in [-0.1, -0.05) is 24.3 Å². The average molecular weight is 407 g/mol. The summed E-state index contributed by atoms with van der Waals surface area (Å²) in [6.07, 6.45) is 0.202. The van der Waals surface area contributed by atoms with Crippen LogP contribution in [0.25, 0.3) is 0 Å². The Labute approximate surface area is 173 Å². The third-order valence-corrected chi connectivity index (χ3v) is 5.90. The van der Waals surface area contributed by atoms with Crippen LogP contribution in [0.3, 0.4) is 0 Å². The minimum Gasteiger partial charge on any atom is -0.494 e. The Balaban J connectivity index is 1.50. The van der Waals surface area contributed by atoms with E-state index in [0.717, 1.165) is 21.8 Å². The third kappa shape index (κ3) is 4.17. The van der Waals surface area contributed by atoms with E-state index >= 15 is 0 Å². The fraction of sp³-hybridized carbons (Fsp3) is 0.217. The summed E-state index contributed by atoms with van der Waals surface area (Å²) in [5, 5.41) is 4.91. The smallest absolute Gasteiger partial charge is 0.255 e. The summed E-state index contributed by atoms with van der Waals surface area (Å²) < 4.78 is 5.43. The highest BCUT2D eigenvalue weighted by molar-refractivity contribution is 7.10. The lowest BCUT2D eigenvalue weighted by molar-refractivity contribution is -0.117. The number of nitrogens with one attached hydrogen (secondary N) is 1. The van der Waals surface area contributed by atoms with Gasteiger partial charge in [-0.05, 0) is 54.3 Å². The maximum atomic E-state index is 13.0. The molecule has 2 aromatic carbocycles. The van der Waals surface area contributed by atoms with Gasteiger partial charge in [-0.15, -0.1) is 11.3 Å². The van der Waals surface area contributed by atoms with E-state index in [1.165, 1.54) is 0 Å². The van der Waals surface area contributed by atoms with Crippen molar-refractivity contribution in [3.05, 3.63) is 82.0 Å². The van der Waals surface area contributed by atoms with Crippen LogP contribution in [0.1, 0.15) is 40.2 Å². The number of hydrogen-bond acceptors (Lipinski definition) is 4. The molecule has 0 saturated heterocycles. The van der Waals surface area contributed by atoms with Crippen molar-refractivity contribution >= 4 is 28.8 Å². The molecule has 1 atom stereocenters. The van der Waals surface area contributed by atoms with Crippen LogP contribution in [-0.2, 0) is 11.3 Å². The maximum absolute atomic E-state index is 13.0. The second-order valence-electron chi connectivity index (χ2n) is 6.83. The van der Waals surface area contributed by atoms with E-state index in [0.29, 0.717) is 18.8 Å². The number of anilines is 1. The van der Waals surface area contributed by atoms with Gasteiger partial charge in [0.2, 0.25) is 5.91 Å². The van der Waals surface area contributed by atoms with Crippen LogP contribution in [-0.4, -0.2) is 23.3 Å². The molecule has 1 N–H and O–H groups in total. The fourth-order valence-electron chi connectivity index (χ4n) is 3.56. The van der Waals surface area contributed by atoms with Crippen molar-refractivity contribution in [1.29, 1.82) is 0 Å². The largest absolute Gasteiger partial charge is 0.494 e. The summed E-state index contributed by atoms with van der Waals surface area (Å²) in [6.45, 7) is 3.05. The topological polar surface area (TPSA) is 58.6 Å². The molecular weight excluding hydrogens is 384 g/mol. The number of fused-ring (bicyclic) bond motifs is 1. The molecule has 29 heavy (non-hydrogen) atoms. The van der Waals surface area contributed by atoms with Crippen molar-refractivity contribution in [2.45, 2.75) is 25.9 Å². The van der Waals surface area contributed by atoms with Gasteiger partial charge in [0.25, 0.3) is 5.91 Å². The number of carbonyl (C=O) groups excluding carboxylic acids is 2. The van der Waals surface area contributed by atoms with Gasteiger partial charge in [-0.2, -0.15) is 0 Å². The minimum atomic E-state index is -0.294. The van der Waals surface area contributed by atoms with Crippen LogP contribution in [0.2, 0.25) is 0 Å². The molecular formula is C23H22N2O3S. The molecule has 1 aliphatic heterocycles. The second kappa shape index (κ2) is 8.49. The number of nitrogens with zero attached hydrogens (tertiary/aromatic N) is 1. The lowest BCUT2D eigenvalue weighted by atomic mass is 10.1. The van der Waals surface area contributed by atoms with Gasteiger partial charge in [0.15, 0.2) is 0 Å². The Morgan fingerprint density at radius 3 is 2.62 bits per heavy atom. The van der Waals surface area contributed by atoms with E-state index in [9.17, 15) is 9.59 Å². The van der Waals surface area contributed by atoms with Crippen molar-refractivity contribution in [3.8, 4) is 5.75 Å². The number of rotatable bonds is 7. The number of thiophene rings is 1. The standard InChI is InChI=1S/C23H22N2O3S/c1-2-28-18-11-9-17(10-12-18)24-22(26)14-20(21-8-5-13-29-21)25-15-16-6-3-4-7-19(16)23(25)27/h3-13,20H,2,14-15H2,1H3,(H,24,26). The molecule has 0 fully saturated rings. The first-order valence-electron chi connectivity index (χ1n) is 9.60. The molecule has 0 radical (unpaired) electrons. The van der Waals surface area contributed by atoms with Crippen molar-refractivity contribution in [2.75, 3.05) is 11.9 Å². The average Bonchev–Trinajstić information content (AvgIpc) is 3.37. The van der Waals surface area contributed by atoms with E-state index in [-0.39, 0.29) is 24.3 Å². The zero-order valence-corrected chi connectivity index (χ0v) is 16.9. The Hall–Kier alpha value is -3.12. The SMILES string of the molecule is CCOc1ccc(NC(=O)CC(c2cccs2)N2Cc3ccccc3C2=O)cc1. The first-order valence-corrected chi connectivity index (χ1v) is 10.5.